The van der Waals surface area contributed by atoms with Gasteiger partial charge in [0.2, 0.25) is 0 Å². The molecule has 4 N–H and O–H groups in total. The first-order chi connectivity index (χ1) is 11.1. The Labute approximate surface area is 142 Å². The number of hydrogen-bond acceptors (Lipinski definition) is 5. The molecule has 1 aliphatic heterocycles. The van der Waals surface area contributed by atoms with Crippen LogP contribution in [0.15, 0.2) is 0 Å². The Balaban J connectivity index is 0.000000561. The zero-order chi connectivity index (χ0) is 18.6. The normalized spacial score (nSPS) is 15.0. The monoisotopic (exact) mass is 346 g/mol. The lowest BCUT2D eigenvalue weighted by Gasteiger charge is -2.23. The second-order valence-electron chi connectivity index (χ2n) is 6.70. The number of rotatable bonds is 6. The van der Waals surface area contributed by atoms with Gasteiger partial charge in [-0.1, -0.05) is 0 Å². The third-order valence-corrected chi connectivity index (χ3v) is 3.23. The van der Waals surface area contributed by atoms with E-state index >= 15 is 0 Å². The molecule has 0 aromatic carbocycles. The number of alkyl carbamates (subject to hydrolysis) is 1. The van der Waals surface area contributed by atoms with Crippen molar-refractivity contribution in [2.24, 2.45) is 5.92 Å². The minimum Gasteiger partial charge on any atom is -0.481 e. The van der Waals surface area contributed by atoms with Crippen LogP contribution in [0.1, 0.15) is 52.9 Å². The van der Waals surface area contributed by atoms with E-state index in [4.69, 9.17) is 14.9 Å². The fraction of sp³-hybridized carbons (Fsp3) is 0.812. The third-order valence-electron chi connectivity index (χ3n) is 3.23. The summed E-state index contributed by atoms with van der Waals surface area (Å²) >= 11 is 0. The number of amides is 1. The Morgan fingerprint density at radius 2 is 1.58 bits per heavy atom. The molecule has 0 spiro atoms. The summed E-state index contributed by atoms with van der Waals surface area (Å²) in [7, 11) is 0. The van der Waals surface area contributed by atoms with Crippen LogP contribution in [0.3, 0.4) is 0 Å². The highest BCUT2D eigenvalue weighted by atomic mass is 16.6. The van der Waals surface area contributed by atoms with Gasteiger partial charge in [-0.3, -0.25) is 9.59 Å². The van der Waals surface area contributed by atoms with Gasteiger partial charge in [-0.15, -0.1) is 0 Å². The molecule has 1 rings (SSSR count). The molecule has 0 bridgehead atoms. The number of carboxylic acids is 2. The zero-order valence-electron chi connectivity index (χ0n) is 14.8. The van der Waals surface area contributed by atoms with E-state index in [9.17, 15) is 14.4 Å². The topological polar surface area (TPSA) is 125 Å². The molecule has 1 aliphatic rings. The smallest absolute Gasteiger partial charge is 0.407 e. The van der Waals surface area contributed by atoms with E-state index in [1.54, 1.807) is 0 Å². The van der Waals surface area contributed by atoms with Crippen molar-refractivity contribution in [3.8, 4) is 0 Å². The van der Waals surface area contributed by atoms with Crippen LogP contribution in [0.5, 0.6) is 0 Å². The van der Waals surface area contributed by atoms with Gasteiger partial charge in [-0.25, -0.2) is 4.79 Å². The number of piperidine rings is 1. The Bertz CT molecular complexity index is 386. The largest absolute Gasteiger partial charge is 0.481 e. The highest BCUT2D eigenvalue weighted by Gasteiger charge is 2.17. The molecule has 1 saturated heterocycles. The molecule has 24 heavy (non-hydrogen) atoms. The molecule has 140 valence electrons. The van der Waals surface area contributed by atoms with Gasteiger partial charge in [-0.2, -0.15) is 0 Å². The second kappa shape index (κ2) is 11.7. The van der Waals surface area contributed by atoms with Crippen LogP contribution in [-0.4, -0.2) is 53.5 Å². The Morgan fingerprint density at radius 1 is 1.08 bits per heavy atom. The number of aliphatic carboxylic acids is 2. The maximum Gasteiger partial charge on any atom is 0.407 e. The molecular weight excluding hydrogens is 316 g/mol. The summed E-state index contributed by atoms with van der Waals surface area (Å²) in [6.07, 6.45) is 2.60. The van der Waals surface area contributed by atoms with E-state index < -0.39 is 17.5 Å². The van der Waals surface area contributed by atoms with Gasteiger partial charge in [0.1, 0.15) is 5.60 Å². The third kappa shape index (κ3) is 15.1. The first-order valence-electron chi connectivity index (χ1n) is 8.21. The van der Waals surface area contributed by atoms with Crippen LogP contribution in [0.2, 0.25) is 0 Å². The Morgan fingerprint density at radius 3 is 2.00 bits per heavy atom. The van der Waals surface area contributed by atoms with Crippen molar-refractivity contribution in [3.05, 3.63) is 0 Å². The molecule has 1 heterocycles. The fourth-order valence-corrected chi connectivity index (χ4v) is 2.08. The summed E-state index contributed by atoms with van der Waals surface area (Å²) < 4.78 is 5.16. The molecule has 0 unspecified atom stereocenters. The van der Waals surface area contributed by atoms with Gasteiger partial charge in [0.05, 0.1) is 12.8 Å². The lowest BCUT2D eigenvalue weighted by atomic mass is 9.95. The van der Waals surface area contributed by atoms with Crippen molar-refractivity contribution in [1.29, 1.82) is 0 Å². The van der Waals surface area contributed by atoms with Crippen LogP contribution in [0, 0.1) is 5.92 Å². The van der Waals surface area contributed by atoms with Crippen LogP contribution >= 0.6 is 0 Å². The molecule has 8 heteroatoms. The van der Waals surface area contributed by atoms with Gasteiger partial charge in [0.25, 0.3) is 0 Å². The van der Waals surface area contributed by atoms with Crippen molar-refractivity contribution < 1.29 is 29.3 Å². The summed E-state index contributed by atoms with van der Waals surface area (Å²) in [5, 5.41) is 21.9. The van der Waals surface area contributed by atoms with Gasteiger partial charge in [0.15, 0.2) is 0 Å². The molecule has 0 atom stereocenters. The molecular formula is C16H30N2O6. The minimum absolute atomic E-state index is 0.296. The van der Waals surface area contributed by atoms with E-state index in [1.165, 1.54) is 12.8 Å². The van der Waals surface area contributed by atoms with Gasteiger partial charge < -0.3 is 25.6 Å². The number of nitrogens with one attached hydrogen (secondary N) is 2. The summed E-state index contributed by atoms with van der Waals surface area (Å²) in [5.74, 6) is -1.41. The molecule has 1 fully saturated rings. The maximum absolute atomic E-state index is 11.4. The zero-order valence-corrected chi connectivity index (χ0v) is 14.8. The van der Waals surface area contributed by atoms with E-state index in [0.717, 1.165) is 32.0 Å². The van der Waals surface area contributed by atoms with Crippen molar-refractivity contribution in [2.75, 3.05) is 19.6 Å². The summed E-state index contributed by atoms with van der Waals surface area (Å²) in [4.78, 5) is 30.6. The number of carbonyl (C=O) groups excluding carboxylic acids is 1. The molecule has 0 saturated carbocycles. The van der Waals surface area contributed by atoms with Crippen molar-refractivity contribution in [1.82, 2.24) is 10.6 Å². The predicted octanol–water partition coefficient (Wildman–Crippen LogP) is 1.84. The van der Waals surface area contributed by atoms with Crippen LogP contribution in [0.25, 0.3) is 0 Å². The fourth-order valence-electron chi connectivity index (χ4n) is 2.08. The average Bonchev–Trinajstić information content (AvgIpc) is 2.45. The van der Waals surface area contributed by atoms with Crippen LogP contribution in [-0.2, 0) is 14.3 Å². The molecule has 8 nitrogen and oxygen atoms in total. The predicted molar refractivity (Wildman–Crippen MR) is 89.0 cm³/mol. The van der Waals surface area contributed by atoms with Crippen LogP contribution in [0.4, 0.5) is 4.79 Å². The van der Waals surface area contributed by atoms with E-state index in [1.807, 2.05) is 20.8 Å². The van der Waals surface area contributed by atoms with E-state index in [0.29, 0.717) is 0 Å². The number of carbonyl (C=O) groups is 3. The molecule has 0 aromatic heterocycles. The maximum atomic E-state index is 11.4. The average molecular weight is 346 g/mol. The lowest BCUT2D eigenvalue weighted by Crippen LogP contribution is -2.35. The highest BCUT2D eigenvalue weighted by Crippen LogP contribution is 2.15. The van der Waals surface area contributed by atoms with E-state index in [-0.39, 0.29) is 18.9 Å². The quantitative estimate of drug-likeness (QED) is 0.578. The molecule has 0 aromatic rings. The van der Waals surface area contributed by atoms with Gasteiger partial charge in [-0.05, 0) is 59.0 Å². The van der Waals surface area contributed by atoms with Crippen molar-refractivity contribution in [3.63, 3.8) is 0 Å². The van der Waals surface area contributed by atoms with Crippen LogP contribution < -0.4 is 10.6 Å². The Hall–Kier alpha value is -1.83. The van der Waals surface area contributed by atoms with E-state index in [2.05, 4.69) is 10.6 Å². The number of carboxylic acid groups (broad SMARTS) is 2. The Kier molecular flexibility index (Phi) is 10.8. The summed E-state index contributed by atoms with van der Waals surface area (Å²) in [6, 6.07) is 0. The number of ether oxygens (including phenoxy) is 1. The summed E-state index contributed by atoms with van der Waals surface area (Å²) in [5.41, 5.74) is -0.404. The first kappa shape index (κ1) is 22.2. The summed E-state index contributed by atoms with van der Waals surface area (Å²) in [6.45, 7) is 8.56. The molecule has 1 amide bonds. The standard InChI is InChI=1S/C12H24N2O2.C4H6O4/c1-12(2,3)16-11(15)14-9-6-10-4-7-13-8-5-10;5-3(6)1-2-4(7)8/h10,13H,4-9H2,1-3H3,(H,14,15);1-2H2,(H,5,6)(H,7,8). The SMILES string of the molecule is CC(C)(C)OC(=O)NCCC1CCNCC1.O=C(O)CCC(=O)O. The van der Waals surface area contributed by atoms with Gasteiger partial charge in [0, 0.05) is 6.54 Å². The molecule has 0 aliphatic carbocycles. The lowest BCUT2D eigenvalue weighted by molar-refractivity contribution is -0.143. The molecule has 0 radical (unpaired) electrons. The van der Waals surface area contributed by atoms with Gasteiger partial charge >= 0.3 is 18.0 Å². The first-order valence-corrected chi connectivity index (χ1v) is 8.21. The second-order valence-corrected chi connectivity index (χ2v) is 6.70. The highest BCUT2D eigenvalue weighted by molar-refractivity contribution is 5.75. The van der Waals surface area contributed by atoms with Crippen molar-refractivity contribution >= 4 is 18.0 Å². The number of hydrogen-bond donors (Lipinski definition) is 4. The minimum atomic E-state index is -1.08. The van der Waals surface area contributed by atoms with Crippen molar-refractivity contribution in [2.45, 2.75) is 58.5 Å².